The van der Waals surface area contributed by atoms with Crippen LogP contribution in [0.4, 0.5) is 9.93 Å². The number of carbonyl (C=O) groups is 3. The molecule has 2 aromatic rings. The molecule has 4 aliphatic carbocycles. The lowest BCUT2D eigenvalue weighted by Gasteiger charge is -2.55. The molecule has 8 nitrogen and oxygen atoms in total. The number of nitrogens with zero attached hydrogens (tertiary/aromatic N) is 3. The van der Waals surface area contributed by atoms with E-state index in [9.17, 15) is 14.4 Å². The van der Waals surface area contributed by atoms with E-state index in [0.717, 1.165) is 33.2 Å². The zero-order chi connectivity index (χ0) is 24.2. The van der Waals surface area contributed by atoms with Crippen LogP contribution in [0.5, 0.6) is 0 Å². The van der Waals surface area contributed by atoms with E-state index in [-0.39, 0.29) is 17.9 Å². The maximum absolute atomic E-state index is 13.0. The van der Waals surface area contributed by atoms with Crippen LogP contribution in [0.3, 0.4) is 0 Å². The van der Waals surface area contributed by atoms with Crippen LogP contribution in [0, 0.1) is 17.8 Å². The fourth-order valence-corrected chi connectivity index (χ4v) is 8.24. The van der Waals surface area contributed by atoms with Crippen LogP contribution in [0.25, 0.3) is 0 Å². The summed E-state index contributed by atoms with van der Waals surface area (Å²) in [7, 11) is 0. The number of rotatable bonds is 7. The zero-order valence-electron chi connectivity index (χ0n) is 20.0. The van der Waals surface area contributed by atoms with Gasteiger partial charge in [0.25, 0.3) is 5.91 Å². The number of hydrogen-bond acceptors (Lipinski definition) is 6. The van der Waals surface area contributed by atoms with E-state index in [1.54, 1.807) is 6.92 Å². The minimum Gasteiger partial charge on any atom is -0.323 e. The lowest BCUT2D eigenvalue weighted by Crippen LogP contribution is -2.48. The Kier molecular flexibility index (Phi) is 5.43. The smallest absolute Gasteiger partial charge is 0.323 e. The van der Waals surface area contributed by atoms with E-state index in [0.29, 0.717) is 18.0 Å². The molecule has 9 heteroatoms. The second kappa shape index (κ2) is 8.40. The van der Waals surface area contributed by atoms with Gasteiger partial charge in [-0.2, -0.15) is 0 Å². The van der Waals surface area contributed by atoms with Crippen molar-refractivity contribution in [2.45, 2.75) is 69.2 Å². The van der Waals surface area contributed by atoms with Gasteiger partial charge in [0.15, 0.2) is 0 Å². The first kappa shape index (κ1) is 22.6. The van der Waals surface area contributed by atoms with Gasteiger partial charge in [-0.1, -0.05) is 41.7 Å². The predicted molar refractivity (Wildman–Crippen MR) is 132 cm³/mol. The van der Waals surface area contributed by atoms with E-state index in [1.165, 1.54) is 49.9 Å². The van der Waals surface area contributed by atoms with E-state index in [2.05, 4.69) is 20.8 Å². The van der Waals surface area contributed by atoms with Crippen LogP contribution < -0.4 is 10.6 Å². The van der Waals surface area contributed by atoms with Gasteiger partial charge in [0, 0.05) is 5.41 Å². The topological polar surface area (TPSA) is 104 Å². The molecule has 4 saturated carbocycles. The Labute approximate surface area is 208 Å². The van der Waals surface area contributed by atoms with Crippen LogP contribution in [-0.4, -0.2) is 45.0 Å². The standard InChI is InChI=1S/C26H31N5O3S/c1-25(8-7-16-5-3-2-4-6-16)22(33)31(24(34)28-25)15-20(32)27-23-30-29-21(35-23)26-12-17-9-18(13-26)11-19(10-17)14-26/h2-6,17-19H,7-15H2,1H3,(H,28,34)(H,27,30,32). The first-order valence-corrected chi connectivity index (χ1v) is 13.5. The van der Waals surface area contributed by atoms with Gasteiger partial charge in [-0.3, -0.25) is 19.8 Å². The minimum atomic E-state index is -1.03. The van der Waals surface area contributed by atoms with Crippen molar-refractivity contribution in [1.29, 1.82) is 0 Å². The van der Waals surface area contributed by atoms with Crippen LogP contribution in [0.15, 0.2) is 30.3 Å². The number of carbonyl (C=O) groups excluding carboxylic acids is 3. The summed E-state index contributed by atoms with van der Waals surface area (Å²) in [6.07, 6.45) is 8.75. The fourth-order valence-electron chi connectivity index (χ4n) is 7.26. The highest BCUT2D eigenvalue weighted by atomic mass is 32.1. The van der Waals surface area contributed by atoms with Gasteiger partial charge in [-0.05, 0) is 81.6 Å². The molecule has 4 amide bonds. The molecule has 0 radical (unpaired) electrons. The van der Waals surface area contributed by atoms with Crippen molar-refractivity contribution in [3.05, 3.63) is 40.9 Å². The first-order valence-electron chi connectivity index (χ1n) is 12.6. The second-order valence-electron chi connectivity index (χ2n) is 11.3. The van der Waals surface area contributed by atoms with Crippen molar-refractivity contribution < 1.29 is 14.4 Å². The van der Waals surface area contributed by atoms with E-state index in [4.69, 9.17) is 0 Å². The maximum atomic E-state index is 13.0. The molecule has 1 aromatic heterocycles. The Morgan fingerprint density at radius 2 is 1.74 bits per heavy atom. The van der Waals surface area contributed by atoms with Crippen molar-refractivity contribution in [3.8, 4) is 0 Å². The molecular formula is C26H31N5O3S. The van der Waals surface area contributed by atoms with Crippen molar-refractivity contribution >= 4 is 34.3 Å². The average Bonchev–Trinajstić information content (AvgIpc) is 3.37. The molecule has 1 aliphatic heterocycles. The van der Waals surface area contributed by atoms with Gasteiger partial charge < -0.3 is 5.32 Å². The van der Waals surface area contributed by atoms with Crippen LogP contribution in [0.2, 0.25) is 0 Å². The number of amides is 4. The lowest BCUT2D eigenvalue weighted by molar-refractivity contribution is -0.133. The van der Waals surface area contributed by atoms with Gasteiger partial charge in [-0.25, -0.2) is 4.79 Å². The SMILES string of the molecule is CC1(CCc2ccccc2)NC(=O)N(CC(=O)Nc2nnc(C34CC5CC(CC(C5)C3)C4)s2)C1=O. The third-order valence-corrected chi connectivity index (χ3v) is 9.65. The third-order valence-electron chi connectivity index (χ3n) is 8.57. The molecule has 4 bridgehead atoms. The van der Waals surface area contributed by atoms with Crippen LogP contribution in [-0.2, 0) is 21.4 Å². The Balaban J connectivity index is 1.08. The summed E-state index contributed by atoms with van der Waals surface area (Å²) < 4.78 is 0. The maximum Gasteiger partial charge on any atom is 0.325 e. The van der Waals surface area contributed by atoms with Crippen LogP contribution >= 0.6 is 11.3 Å². The summed E-state index contributed by atoms with van der Waals surface area (Å²) in [5.41, 5.74) is 0.195. The molecule has 2 N–H and O–H groups in total. The van der Waals surface area contributed by atoms with Crippen molar-refractivity contribution in [2.24, 2.45) is 17.8 Å². The van der Waals surface area contributed by atoms with Crippen molar-refractivity contribution in [2.75, 3.05) is 11.9 Å². The van der Waals surface area contributed by atoms with Crippen molar-refractivity contribution in [3.63, 3.8) is 0 Å². The Morgan fingerprint density at radius 1 is 1.09 bits per heavy atom. The quantitative estimate of drug-likeness (QED) is 0.570. The Bertz CT molecular complexity index is 1130. The molecule has 1 aromatic carbocycles. The minimum absolute atomic E-state index is 0.126. The van der Waals surface area contributed by atoms with E-state index < -0.39 is 17.5 Å². The molecular weight excluding hydrogens is 462 g/mol. The number of hydrogen-bond donors (Lipinski definition) is 2. The largest absolute Gasteiger partial charge is 0.325 e. The molecule has 1 saturated heterocycles. The predicted octanol–water partition coefficient (Wildman–Crippen LogP) is 3.89. The van der Waals surface area contributed by atoms with Gasteiger partial charge in [-0.15, -0.1) is 10.2 Å². The number of imide groups is 1. The number of aryl methyl sites for hydroxylation is 1. The lowest BCUT2D eigenvalue weighted by atomic mass is 9.50. The summed E-state index contributed by atoms with van der Waals surface area (Å²) in [6, 6.07) is 9.30. The molecule has 2 heterocycles. The highest BCUT2D eigenvalue weighted by molar-refractivity contribution is 7.15. The van der Waals surface area contributed by atoms with Gasteiger partial charge in [0.2, 0.25) is 11.0 Å². The molecule has 5 fully saturated rings. The average molecular weight is 494 g/mol. The summed E-state index contributed by atoms with van der Waals surface area (Å²) in [6.45, 7) is 1.38. The first-order chi connectivity index (χ1) is 16.8. The third kappa shape index (κ3) is 4.13. The van der Waals surface area contributed by atoms with E-state index in [1.807, 2.05) is 30.3 Å². The number of urea groups is 1. The zero-order valence-corrected chi connectivity index (χ0v) is 20.8. The summed E-state index contributed by atoms with van der Waals surface area (Å²) in [5, 5.41) is 15.8. The summed E-state index contributed by atoms with van der Waals surface area (Å²) in [5.74, 6) is 1.60. The molecule has 5 aliphatic rings. The highest BCUT2D eigenvalue weighted by Crippen LogP contribution is 2.61. The highest BCUT2D eigenvalue weighted by Gasteiger charge is 2.53. The second-order valence-corrected chi connectivity index (χ2v) is 12.3. The van der Waals surface area contributed by atoms with Crippen molar-refractivity contribution in [1.82, 2.24) is 20.4 Å². The summed E-state index contributed by atoms with van der Waals surface area (Å²) >= 11 is 1.46. The number of aromatic nitrogens is 2. The molecule has 184 valence electrons. The fraction of sp³-hybridized carbons (Fsp3) is 0.577. The van der Waals surface area contributed by atoms with Gasteiger partial charge >= 0.3 is 6.03 Å². The van der Waals surface area contributed by atoms with Gasteiger partial charge in [0.05, 0.1) is 0 Å². The van der Waals surface area contributed by atoms with Gasteiger partial charge in [0.1, 0.15) is 17.1 Å². The number of benzene rings is 1. The molecule has 7 rings (SSSR count). The normalized spacial score (nSPS) is 33.3. The molecule has 0 spiro atoms. The molecule has 35 heavy (non-hydrogen) atoms. The number of anilines is 1. The summed E-state index contributed by atoms with van der Waals surface area (Å²) in [4.78, 5) is 39.4. The Morgan fingerprint density at radius 3 is 2.40 bits per heavy atom. The monoisotopic (exact) mass is 493 g/mol. The molecule has 1 atom stereocenters. The Hall–Kier alpha value is -2.81. The number of nitrogens with one attached hydrogen (secondary N) is 2. The molecule has 1 unspecified atom stereocenters. The van der Waals surface area contributed by atoms with E-state index >= 15 is 0 Å². The van der Waals surface area contributed by atoms with Crippen LogP contribution in [0.1, 0.15) is 62.4 Å².